The SMILES string of the molecule is O=C(Cc1cccc(F)c1)C1CCOC2(CCCC2)C1. The Morgan fingerprint density at radius 2 is 2.15 bits per heavy atom. The number of carbonyl (C=O) groups is 1. The zero-order chi connectivity index (χ0) is 14.0. The molecule has 0 amide bonds. The van der Waals surface area contributed by atoms with E-state index in [2.05, 4.69) is 0 Å². The molecule has 1 aromatic rings. The molecule has 1 aliphatic heterocycles. The van der Waals surface area contributed by atoms with Crippen LogP contribution in [0.5, 0.6) is 0 Å². The average molecular weight is 276 g/mol. The molecule has 0 radical (unpaired) electrons. The van der Waals surface area contributed by atoms with Crippen molar-refractivity contribution in [1.82, 2.24) is 0 Å². The third kappa shape index (κ3) is 2.93. The fourth-order valence-electron chi connectivity index (χ4n) is 3.66. The number of benzene rings is 1. The fraction of sp³-hybridized carbons (Fsp3) is 0.588. The highest BCUT2D eigenvalue weighted by Crippen LogP contribution is 2.42. The van der Waals surface area contributed by atoms with Crippen LogP contribution >= 0.6 is 0 Å². The maximum absolute atomic E-state index is 13.2. The van der Waals surface area contributed by atoms with Crippen molar-refractivity contribution in [2.75, 3.05) is 6.61 Å². The van der Waals surface area contributed by atoms with Crippen molar-refractivity contribution in [3.8, 4) is 0 Å². The minimum Gasteiger partial charge on any atom is -0.375 e. The minimum absolute atomic E-state index is 0.0273. The summed E-state index contributed by atoms with van der Waals surface area (Å²) >= 11 is 0. The van der Waals surface area contributed by atoms with E-state index in [9.17, 15) is 9.18 Å². The summed E-state index contributed by atoms with van der Waals surface area (Å²) in [5, 5.41) is 0. The second-order valence-electron chi connectivity index (χ2n) is 6.20. The Bertz CT molecular complexity index is 492. The highest BCUT2D eigenvalue weighted by Gasteiger charge is 2.41. The van der Waals surface area contributed by atoms with E-state index in [1.165, 1.54) is 25.0 Å². The molecule has 1 atom stereocenters. The average Bonchev–Trinajstić information content (AvgIpc) is 2.87. The summed E-state index contributed by atoms with van der Waals surface area (Å²) in [6.07, 6.45) is 6.64. The van der Waals surface area contributed by atoms with Gasteiger partial charge in [0.15, 0.2) is 0 Å². The summed E-state index contributed by atoms with van der Waals surface area (Å²) in [4.78, 5) is 12.4. The van der Waals surface area contributed by atoms with Gasteiger partial charge in [-0.2, -0.15) is 0 Å². The molecule has 1 saturated carbocycles. The molecule has 20 heavy (non-hydrogen) atoms. The van der Waals surface area contributed by atoms with Crippen LogP contribution in [0.2, 0.25) is 0 Å². The van der Waals surface area contributed by atoms with Gasteiger partial charge in [-0.15, -0.1) is 0 Å². The lowest BCUT2D eigenvalue weighted by molar-refractivity contribution is -0.135. The molecule has 108 valence electrons. The highest BCUT2D eigenvalue weighted by molar-refractivity contribution is 5.83. The number of hydrogen-bond acceptors (Lipinski definition) is 2. The smallest absolute Gasteiger partial charge is 0.140 e. The highest BCUT2D eigenvalue weighted by atomic mass is 19.1. The number of ether oxygens (including phenoxy) is 1. The van der Waals surface area contributed by atoms with Gasteiger partial charge in [0.05, 0.1) is 5.60 Å². The number of rotatable bonds is 3. The zero-order valence-corrected chi connectivity index (χ0v) is 11.7. The first kappa shape index (κ1) is 13.7. The van der Waals surface area contributed by atoms with Crippen LogP contribution in [0.25, 0.3) is 0 Å². The van der Waals surface area contributed by atoms with Crippen molar-refractivity contribution in [2.45, 2.75) is 50.5 Å². The van der Waals surface area contributed by atoms with E-state index in [4.69, 9.17) is 4.74 Å². The standard InChI is InChI=1S/C17H21FO2/c18-15-5-3-4-13(10-15)11-16(19)14-6-9-20-17(12-14)7-1-2-8-17/h3-5,10,14H,1-2,6-9,11-12H2. The van der Waals surface area contributed by atoms with Crippen LogP contribution in [0.15, 0.2) is 24.3 Å². The molecule has 2 aliphatic rings. The Hall–Kier alpha value is -1.22. The molecule has 0 aromatic heterocycles. The van der Waals surface area contributed by atoms with Crippen LogP contribution in [0, 0.1) is 11.7 Å². The molecule has 0 N–H and O–H groups in total. The van der Waals surface area contributed by atoms with Crippen molar-refractivity contribution in [2.24, 2.45) is 5.92 Å². The van der Waals surface area contributed by atoms with Gasteiger partial charge in [-0.3, -0.25) is 4.79 Å². The Morgan fingerprint density at radius 1 is 1.35 bits per heavy atom. The second-order valence-corrected chi connectivity index (χ2v) is 6.20. The van der Waals surface area contributed by atoms with Gasteiger partial charge in [0, 0.05) is 18.9 Å². The lowest BCUT2D eigenvalue weighted by atomic mass is 9.81. The van der Waals surface area contributed by atoms with Gasteiger partial charge in [0.2, 0.25) is 0 Å². The quantitative estimate of drug-likeness (QED) is 0.842. The van der Waals surface area contributed by atoms with Crippen LogP contribution < -0.4 is 0 Å². The largest absolute Gasteiger partial charge is 0.375 e. The third-order valence-corrected chi connectivity index (χ3v) is 4.73. The fourth-order valence-corrected chi connectivity index (χ4v) is 3.66. The lowest BCUT2D eigenvalue weighted by Gasteiger charge is -2.37. The number of Topliss-reactive ketones (excluding diaryl/α,β-unsaturated/α-hetero) is 1. The van der Waals surface area contributed by atoms with Gasteiger partial charge in [0.1, 0.15) is 11.6 Å². The molecular weight excluding hydrogens is 255 g/mol. The van der Waals surface area contributed by atoms with Crippen LogP contribution in [0.4, 0.5) is 4.39 Å². The summed E-state index contributed by atoms with van der Waals surface area (Å²) in [6.45, 7) is 0.694. The monoisotopic (exact) mass is 276 g/mol. The summed E-state index contributed by atoms with van der Waals surface area (Å²) in [7, 11) is 0. The van der Waals surface area contributed by atoms with Crippen molar-refractivity contribution in [3.63, 3.8) is 0 Å². The van der Waals surface area contributed by atoms with E-state index in [1.54, 1.807) is 6.07 Å². The van der Waals surface area contributed by atoms with Crippen LogP contribution in [-0.4, -0.2) is 18.0 Å². The number of halogens is 1. The van der Waals surface area contributed by atoms with Crippen LogP contribution in [0.1, 0.15) is 44.1 Å². The summed E-state index contributed by atoms with van der Waals surface area (Å²) in [5.41, 5.74) is 0.752. The number of hydrogen-bond donors (Lipinski definition) is 0. The van der Waals surface area contributed by atoms with Gasteiger partial charge in [-0.05, 0) is 43.4 Å². The number of carbonyl (C=O) groups excluding carboxylic acids is 1. The Balaban J connectivity index is 1.65. The Labute approximate surface area is 119 Å². The summed E-state index contributed by atoms with van der Waals surface area (Å²) < 4.78 is 19.1. The molecule has 2 fully saturated rings. The predicted molar refractivity (Wildman–Crippen MR) is 75.0 cm³/mol. The minimum atomic E-state index is -0.269. The molecule has 0 bridgehead atoms. The van der Waals surface area contributed by atoms with Gasteiger partial charge in [0.25, 0.3) is 0 Å². The van der Waals surface area contributed by atoms with E-state index >= 15 is 0 Å². The van der Waals surface area contributed by atoms with Crippen molar-refractivity contribution in [1.29, 1.82) is 0 Å². The molecule has 3 heteroatoms. The first-order valence-electron chi connectivity index (χ1n) is 7.58. The molecular formula is C17H21FO2. The lowest BCUT2D eigenvalue weighted by Crippen LogP contribution is -2.40. The molecule has 1 heterocycles. The van der Waals surface area contributed by atoms with Crippen molar-refractivity contribution in [3.05, 3.63) is 35.6 Å². The van der Waals surface area contributed by atoms with Crippen molar-refractivity contribution < 1.29 is 13.9 Å². The molecule has 1 unspecified atom stereocenters. The first-order valence-corrected chi connectivity index (χ1v) is 7.58. The normalized spacial score (nSPS) is 24.9. The molecule has 1 aliphatic carbocycles. The summed E-state index contributed by atoms with van der Waals surface area (Å²) in [5.74, 6) is 0.0600. The van der Waals surface area contributed by atoms with Crippen LogP contribution in [0.3, 0.4) is 0 Å². The predicted octanol–water partition coefficient (Wildman–Crippen LogP) is 3.68. The number of ketones is 1. The van der Waals surface area contributed by atoms with E-state index in [0.29, 0.717) is 13.0 Å². The van der Waals surface area contributed by atoms with E-state index < -0.39 is 0 Å². The van der Waals surface area contributed by atoms with E-state index in [1.807, 2.05) is 6.07 Å². The van der Waals surface area contributed by atoms with Crippen molar-refractivity contribution >= 4 is 5.78 Å². The van der Waals surface area contributed by atoms with Gasteiger partial charge in [-0.25, -0.2) is 4.39 Å². The molecule has 2 nitrogen and oxygen atoms in total. The molecule has 1 saturated heterocycles. The Kier molecular flexibility index (Phi) is 3.88. The molecule has 1 aromatic carbocycles. The van der Waals surface area contributed by atoms with Gasteiger partial charge >= 0.3 is 0 Å². The van der Waals surface area contributed by atoms with E-state index in [-0.39, 0.29) is 23.1 Å². The zero-order valence-electron chi connectivity index (χ0n) is 11.7. The maximum Gasteiger partial charge on any atom is 0.140 e. The molecule has 1 spiro atoms. The van der Waals surface area contributed by atoms with Crippen LogP contribution in [-0.2, 0) is 16.0 Å². The van der Waals surface area contributed by atoms with Gasteiger partial charge < -0.3 is 4.74 Å². The third-order valence-electron chi connectivity index (χ3n) is 4.73. The summed E-state index contributed by atoms with van der Waals surface area (Å²) in [6, 6.07) is 6.37. The molecule has 3 rings (SSSR count). The first-order chi connectivity index (χ1) is 9.67. The Morgan fingerprint density at radius 3 is 2.90 bits per heavy atom. The van der Waals surface area contributed by atoms with Gasteiger partial charge in [-0.1, -0.05) is 25.0 Å². The second kappa shape index (κ2) is 5.65. The van der Waals surface area contributed by atoms with E-state index in [0.717, 1.165) is 31.2 Å². The topological polar surface area (TPSA) is 26.3 Å². The maximum atomic E-state index is 13.2.